The lowest BCUT2D eigenvalue weighted by atomic mass is 9.65. The standard InChI is InChI=1S/C31H43BrO10Si/c1-14(2)43(15(3)4,16(5)6)42-21-10-19-18(21)12-24(38-17(7)33)31-27(41-31)23(40-29(31)36)13-30(8,32)26(34)22-11-20(25(19)39-22)28(35)37-9/h11,14-16,18-19,21,23-24,27H,10,12-13H2,1-9H3/t18-,19+,21+,23+,24-,27+,30+,31+/m1/s1. The van der Waals surface area contributed by atoms with Crippen LogP contribution in [0.2, 0.25) is 16.6 Å². The Labute approximate surface area is 262 Å². The first kappa shape index (κ1) is 32.4. The number of Topliss-reactive ketones (excluding diaryl/α,β-unsaturated/α-hetero) is 1. The van der Waals surface area contributed by atoms with Crippen molar-refractivity contribution in [2.24, 2.45) is 5.92 Å². The molecule has 0 N–H and O–H groups in total. The number of hydrogen-bond donors (Lipinski definition) is 0. The highest BCUT2D eigenvalue weighted by molar-refractivity contribution is 9.10. The van der Waals surface area contributed by atoms with Crippen molar-refractivity contribution in [1.82, 2.24) is 0 Å². The van der Waals surface area contributed by atoms with Crippen LogP contribution >= 0.6 is 15.9 Å². The monoisotopic (exact) mass is 682 g/mol. The van der Waals surface area contributed by atoms with Crippen molar-refractivity contribution in [2.75, 3.05) is 7.11 Å². The number of furan rings is 1. The summed E-state index contributed by atoms with van der Waals surface area (Å²) in [6.45, 7) is 16.2. The van der Waals surface area contributed by atoms with E-state index in [4.69, 9.17) is 27.8 Å². The number of hydrogen-bond acceptors (Lipinski definition) is 10. The van der Waals surface area contributed by atoms with E-state index in [1.165, 1.54) is 20.1 Å². The summed E-state index contributed by atoms with van der Waals surface area (Å²) in [5.41, 5.74) is -0.316. The Morgan fingerprint density at radius 3 is 2.23 bits per heavy atom. The summed E-state index contributed by atoms with van der Waals surface area (Å²) < 4.78 is 35.0. The highest BCUT2D eigenvalue weighted by Crippen LogP contribution is 2.58. The maximum absolute atomic E-state index is 13.8. The van der Waals surface area contributed by atoms with Crippen molar-refractivity contribution < 1.29 is 47.0 Å². The quantitative estimate of drug-likeness (QED) is 0.113. The van der Waals surface area contributed by atoms with Crippen LogP contribution in [0.5, 0.6) is 0 Å². The molecular weight excluding hydrogens is 640 g/mol. The molecule has 2 saturated heterocycles. The smallest absolute Gasteiger partial charge is 0.345 e. The Bertz CT molecular complexity index is 1300. The molecule has 1 aromatic heterocycles. The summed E-state index contributed by atoms with van der Waals surface area (Å²) in [5, 5.41) is 0. The molecule has 43 heavy (non-hydrogen) atoms. The van der Waals surface area contributed by atoms with Gasteiger partial charge in [0.15, 0.2) is 5.76 Å². The number of carbonyl (C=O) groups excluding carboxylic acids is 4. The van der Waals surface area contributed by atoms with E-state index >= 15 is 0 Å². The van der Waals surface area contributed by atoms with Crippen LogP contribution < -0.4 is 0 Å². The van der Waals surface area contributed by atoms with Gasteiger partial charge in [-0.2, -0.15) is 0 Å². The minimum absolute atomic E-state index is 0.0104. The predicted molar refractivity (Wildman–Crippen MR) is 161 cm³/mol. The number of halogens is 1. The highest BCUT2D eigenvalue weighted by Gasteiger charge is 2.78. The fourth-order valence-electron chi connectivity index (χ4n) is 8.16. The van der Waals surface area contributed by atoms with Crippen LogP contribution in [-0.2, 0) is 33.0 Å². The Balaban J connectivity index is 1.64. The first-order valence-electron chi connectivity index (χ1n) is 15.2. The largest absolute Gasteiger partial charge is 0.465 e. The number of rotatable bonds is 7. The van der Waals surface area contributed by atoms with Crippen LogP contribution in [0.25, 0.3) is 0 Å². The molecule has 12 heteroatoms. The molecule has 1 aliphatic carbocycles. The molecule has 1 aromatic rings. The summed E-state index contributed by atoms with van der Waals surface area (Å²) in [4.78, 5) is 52.6. The third kappa shape index (κ3) is 5.04. The van der Waals surface area contributed by atoms with Gasteiger partial charge in [-0.15, -0.1) is 0 Å². The second-order valence-corrected chi connectivity index (χ2v) is 20.9. The molecule has 0 spiro atoms. The third-order valence-electron chi connectivity index (χ3n) is 10.2. The number of ether oxygens (including phenoxy) is 4. The molecule has 238 valence electrons. The SMILES string of the molecule is COC(=O)c1cc2oc1[C@H]1C[C@H](O[Si](C(C)C)(C(C)C)C(C)C)[C@@H]1C[C@@H](OC(C)=O)[C@]13O[C@H]1[C@H](C[C@](C)(Br)C2=O)OC3=O. The van der Waals surface area contributed by atoms with Crippen molar-refractivity contribution in [3.63, 3.8) is 0 Å². The molecule has 4 bridgehead atoms. The van der Waals surface area contributed by atoms with E-state index in [1.54, 1.807) is 6.92 Å². The topological polar surface area (TPSA) is 131 Å². The number of epoxide rings is 1. The fourth-order valence-corrected chi connectivity index (χ4v) is 14.3. The molecule has 0 amide bonds. The van der Waals surface area contributed by atoms with E-state index < -0.39 is 60.2 Å². The van der Waals surface area contributed by atoms with Crippen molar-refractivity contribution in [1.29, 1.82) is 0 Å². The van der Waals surface area contributed by atoms with Gasteiger partial charge in [-0.05, 0) is 42.3 Å². The van der Waals surface area contributed by atoms with Gasteiger partial charge in [0.25, 0.3) is 0 Å². The molecule has 4 aliphatic rings. The molecule has 0 radical (unpaired) electrons. The molecule has 0 unspecified atom stereocenters. The number of alkyl halides is 1. The van der Waals surface area contributed by atoms with Crippen LogP contribution in [0.1, 0.15) is 107 Å². The molecule has 5 rings (SSSR count). The van der Waals surface area contributed by atoms with Crippen LogP contribution in [0.3, 0.4) is 0 Å². The lowest BCUT2D eigenvalue weighted by Gasteiger charge is -2.52. The first-order valence-corrected chi connectivity index (χ1v) is 18.1. The lowest BCUT2D eigenvalue weighted by molar-refractivity contribution is -0.167. The lowest BCUT2D eigenvalue weighted by Crippen LogP contribution is -2.56. The molecule has 10 nitrogen and oxygen atoms in total. The molecule has 4 heterocycles. The van der Waals surface area contributed by atoms with E-state index in [-0.39, 0.29) is 42.1 Å². The third-order valence-corrected chi connectivity index (χ3v) is 17.0. The van der Waals surface area contributed by atoms with Crippen LogP contribution in [0.15, 0.2) is 10.5 Å². The van der Waals surface area contributed by atoms with Crippen molar-refractivity contribution in [3.05, 3.63) is 23.2 Å². The molecule has 8 atom stereocenters. The van der Waals surface area contributed by atoms with Gasteiger partial charge in [-0.25, -0.2) is 9.59 Å². The Kier molecular flexibility index (Phi) is 8.35. The van der Waals surface area contributed by atoms with E-state index in [0.29, 0.717) is 28.8 Å². The average Bonchev–Trinajstić information content (AvgIpc) is 3.43. The van der Waals surface area contributed by atoms with Gasteiger partial charge in [0, 0.05) is 31.4 Å². The number of methoxy groups -OCH3 is 1. The first-order chi connectivity index (χ1) is 20.0. The molecule has 1 saturated carbocycles. The van der Waals surface area contributed by atoms with Gasteiger partial charge in [0.05, 0.1) is 11.4 Å². The van der Waals surface area contributed by atoms with Gasteiger partial charge in [-0.3, -0.25) is 9.59 Å². The minimum Gasteiger partial charge on any atom is -0.465 e. The minimum atomic E-state index is -2.36. The number of esters is 3. The summed E-state index contributed by atoms with van der Waals surface area (Å²) in [7, 11) is -1.07. The van der Waals surface area contributed by atoms with Gasteiger partial charge in [-0.1, -0.05) is 57.5 Å². The van der Waals surface area contributed by atoms with Crippen LogP contribution in [0.4, 0.5) is 0 Å². The maximum Gasteiger partial charge on any atom is 0.345 e. The van der Waals surface area contributed by atoms with Crippen LogP contribution in [-0.4, -0.2) is 73.5 Å². The summed E-state index contributed by atoms with van der Waals surface area (Å²) in [6.07, 6.45) is -1.79. The molecule has 3 aliphatic heterocycles. The molecule has 3 fully saturated rings. The zero-order valence-electron chi connectivity index (χ0n) is 26.4. The zero-order valence-corrected chi connectivity index (χ0v) is 28.9. The van der Waals surface area contributed by atoms with E-state index in [1.807, 2.05) is 0 Å². The fraction of sp³-hybridized carbons (Fsp3) is 0.742. The van der Waals surface area contributed by atoms with E-state index in [9.17, 15) is 19.2 Å². The highest BCUT2D eigenvalue weighted by atomic mass is 79.9. The average molecular weight is 684 g/mol. The summed E-state index contributed by atoms with van der Waals surface area (Å²) in [6, 6.07) is 1.44. The Morgan fingerprint density at radius 2 is 1.70 bits per heavy atom. The van der Waals surface area contributed by atoms with Gasteiger partial charge in [0.1, 0.15) is 29.6 Å². The number of carbonyl (C=O) groups is 4. The molecule has 0 aromatic carbocycles. The Morgan fingerprint density at radius 1 is 1.07 bits per heavy atom. The van der Waals surface area contributed by atoms with Gasteiger partial charge in [0.2, 0.25) is 19.7 Å². The van der Waals surface area contributed by atoms with Crippen molar-refractivity contribution in [3.8, 4) is 0 Å². The second kappa shape index (κ2) is 11.1. The summed E-state index contributed by atoms with van der Waals surface area (Å²) >= 11 is 3.53. The van der Waals surface area contributed by atoms with E-state index in [2.05, 4.69) is 57.5 Å². The predicted octanol–water partition coefficient (Wildman–Crippen LogP) is 5.86. The van der Waals surface area contributed by atoms with Crippen molar-refractivity contribution in [2.45, 2.75) is 132 Å². The van der Waals surface area contributed by atoms with E-state index in [0.717, 1.165) is 0 Å². The van der Waals surface area contributed by atoms with Gasteiger partial charge < -0.3 is 27.8 Å². The number of ketones is 1. The van der Waals surface area contributed by atoms with Crippen LogP contribution in [0, 0.1) is 5.92 Å². The van der Waals surface area contributed by atoms with Crippen molar-refractivity contribution >= 4 is 47.9 Å². The molecular formula is C31H43BrO10Si. The second-order valence-electron chi connectivity index (χ2n) is 13.7. The number of fused-ring (bicyclic) bond motifs is 4. The zero-order chi connectivity index (χ0) is 31.8. The normalized spacial score (nSPS) is 35.3. The summed E-state index contributed by atoms with van der Waals surface area (Å²) in [5.74, 6) is -2.48. The Hall–Kier alpha value is -2.02. The maximum atomic E-state index is 13.8. The van der Waals surface area contributed by atoms with Gasteiger partial charge >= 0.3 is 17.9 Å².